The van der Waals surface area contributed by atoms with Crippen LogP contribution in [0, 0.1) is 11.8 Å². The first-order valence-corrected chi connectivity index (χ1v) is 16.1. The van der Waals surface area contributed by atoms with Crippen LogP contribution in [0.4, 0.5) is 4.79 Å². The van der Waals surface area contributed by atoms with E-state index in [9.17, 15) is 24.0 Å². The van der Waals surface area contributed by atoms with Crippen molar-refractivity contribution in [2.24, 2.45) is 17.6 Å². The number of ketones is 1. The molecule has 0 aromatic carbocycles. The van der Waals surface area contributed by atoms with E-state index in [0.29, 0.717) is 31.7 Å². The number of carbonyl (C=O) groups excluding carboxylic acids is 5. The predicted molar refractivity (Wildman–Crippen MR) is 158 cm³/mol. The average molecular weight is 576 g/mol. The number of rotatable bonds is 10. The van der Waals surface area contributed by atoms with Gasteiger partial charge in [0.1, 0.15) is 12.1 Å². The van der Waals surface area contributed by atoms with Crippen LogP contribution in [0.15, 0.2) is 0 Å². The third-order valence-corrected chi connectivity index (χ3v) is 9.03. The second-order valence-corrected chi connectivity index (χ2v) is 13.0. The Morgan fingerprint density at radius 3 is 2.05 bits per heavy atom. The fourth-order valence-corrected chi connectivity index (χ4v) is 6.60. The van der Waals surface area contributed by atoms with Gasteiger partial charge in [-0.1, -0.05) is 71.6 Å². The molecule has 10 heteroatoms. The highest BCUT2D eigenvalue weighted by atomic mass is 16.2. The van der Waals surface area contributed by atoms with Gasteiger partial charge in [-0.05, 0) is 63.7 Å². The van der Waals surface area contributed by atoms with E-state index in [0.717, 1.165) is 70.6 Å². The van der Waals surface area contributed by atoms with Crippen molar-refractivity contribution in [1.29, 1.82) is 0 Å². The van der Waals surface area contributed by atoms with Crippen molar-refractivity contribution in [3.63, 3.8) is 0 Å². The normalized spacial score (nSPS) is 23.8. The smallest absolute Gasteiger partial charge is 0.315 e. The second kappa shape index (κ2) is 15.5. The Balaban J connectivity index is 0.00000147. The zero-order valence-electron chi connectivity index (χ0n) is 25.5. The third kappa shape index (κ3) is 9.70. The molecule has 3 aliphatic carbocycles. The molecule has 4 aliphatic rings. The summed E-state index contributed by atoms with van der Waals surface area (Å²) in [5, 5.41) is 8.88. The monoisotopic (exact) mass is 575 g/mol. The number of primary amides is 1. The minimum absolute atomic E-state index is 0.0181. The number of likely N-dealkylation sites (tertiary alicyclic amines) is 1. The standard InChI is InChI=1S/C28H45N5O5.C3H8/c1-28(14-6-3-7-15-28)32-27(38)31-22(19-9-4-2-5-10-19)26(37)33-16-8-11-21(33)25(36)30-20(17-18-12-13-18)23(34)24(29)35;1-3-2/h18-22H,2-17H2,1H3,(H2,29,35)(H,30,36)(H2,31,32,38);3H2,1-2H3. The molecule has 0 aromatic heterocycles. The molecule has 0 bridgehead atoms. The van der Waals surface area contributed by atoms with Gasteiger partial charge in [0.2, 0.25) is 17.6 Å². The summed E-state index contributed by atoms with van der Waals surface area (Å²) in [7, 11) is 0. The summed E-state index contributed by atoms with van der Waals surface area (Å²) in [6, 6.07) is -2.73. The van der Waals surface area contributed by atoms with E-state index in [1.807, 2.05) is 0 Å². The Kier molecular flexibility index (Phi) is 12.5. The van der Waals surface area contributed by atoms with Crippen molar-refractivity contribution in [2.45, 2.75) is 147 Å². The molecule has 3 unspecified atom stereocenters. The number of nitrogens with zero attached hydrogens (tertiary/aromatic N) is 1. The lowest BCUT2D eigenvalue weighted by molar-refractivity contribution is -0.143. The molecule has 5 N–H and O–H groups in total. The topological polar surface area (TPSA) is 151 Å². The molecule has 3 atom stereocenters. The zero-order chi connectivity index (χ0) is 30.0. The first-order chi connectivity index (χ1) is 19.6. The van der Waals surface area contributed by atoms with Gasteiger partial charge in [0, 0.05) is 12.1 Å². The van der Waals surface area contributed by atoms with Crippen LogP contribution >= 0.6 is 0 Å². The van der Waals surface area contributed by atoms with Crippen LogP contribution < -0.4 is 21.7 Å². The summed E-state index contributed by atoms with van der Waals surface area (Å²) in [6.45, 7) is 6.73. The number of hydrogen-bond donors (Lipinski definition) is 4. The minimum Gasteiger partial charge on any atom is -0.363 e. The van der Waals surface area contributed by atoms with E-state index in [2.05, 4.69) is 36.7 Å². The van der Waals surface area contributed by atoms with Gasteiger partial charge in [0.05, 0.1) is 6.04 Å². The Labute approximate surface area is 245 Å². The van der Waals surface area contributed by atoms with Crippen LogP contribution in [0.1, 0.15) is 124 Å². The van der Waals surface area contributed by atoms with Crippen molar-refractivity contribution in [1.82, 2.24) is 20.9 Å². The zero-order valence-corrected chi connectivity index (χ0v) is 25.5. The molecule has 10 nitrogen and oxygen atoms in total. The molecule has 0 aromatic rings. The van der Waals surface area contributed by atoms with Gasteiger partial charge in [-0.3, -0.25) is 19.2 Å². The summed E-state index contributed by atoms with van der Waals surface area (Å²) in [6.07, 6.45) is 14.7. The lowest BCUT2D eigenvalue weighted by Crippen LogP contribution is -2.60. The number of nitrogens with one attached hydrogen (secondary N) is 3. The molecule has 3 saturated carbocycles. The first kappa shape index (κ1) is 32.9. The molecule has 41 heavy (non-hydrogen) atoms. The molecule has 1 aliphatic heterocycles. The maximum Gasteiger partial charge on any atom is 0.315 e. The van der Waals surface area contributed by atoms with Crippen LogP contribution in [0.2, 0.25) is 0 Å². The predicted octanol–water partition coefficient (Wildman–Crippen LogP) is 3.70. The third-order valence-electron chi connectivity index (χ3n) is 9.03. The number of carbonyl (C=O) groups is 5. The van der Waals surface area contributed by atoms with E-state index in [4.69, 9.17) is 5.73 Å². The SMILES string of the molecule is CC1(NC(=O)NC(C(=O)N2CCCC2C(=O)NC(CC2CC2)C(=O)C(N)=O)C2CCCCC2)CCCCC1.CCC. The van der Waals surface area contributed by atoms with Crippen molar-refractivity contribution in [3.8, 4) is 0 Å². The van der Waals surface area contributed by atoms with Crippen molar-refractivity contribution in [2.75, 3.05) is 6.54 Å². The summed E-state index contributed by atoms with van der Waals surface area (Å²) < 4.78 is 0. The van der Waals surface area contributed by atoms with Gasteiger partial charge >= 0.3 is 6.03 Å². The van der Waals surface area contributed by atoms with Gasteiger partial charge in [-0.25, -0.2) is 4.79 Å². The van der Waals surface area contributed by atoms with Crippen LogP contribution in [-0.4, -0.2) is 64.6 Å². The molecule has 4 rings (SSSR count). The minimum atomic E-state index is -1.06. The number of urea groups is 1. The van der Waals surface area contributed by atoms with Gasteiger partial charge < -0.3 is 26.6 Å². The molecule has 5 amide bonds. The van der Waals surface area contributed by atoms with E-state index in [-0.39, 0.29) is 23.4 Å². The summed E-state index contributed by atoms with van der Waals surface area (Å²) in [5.74, 6) is -2.21. The number of Topliss-reactive ketones (excluding diaryl/α,β-unsaturated/α-hetero) is 1. The Hall–Kier alpha value is -2.65. The lowest BCUT2D eigenvalue weighted by atomic mass is 9.82. The maximum absolute atomic E-state index is 13.9. The Morgan fingerprint density at radius 1 is 0.854 bits per heavy atom. The summed E-state index contributed by atoms with van der Waals surface area (Å²) in [4.78, 5) is 65.9. The molecule has 4 fully saturated rings. The van der Waals surface area contributed by atoms with Crippen LogP contribution in [-0.2, 0) is 19.2 Å². The van der Waals surface area contributed by atoms with E-state index < -0.39 is 35.7 Å². The van der Waals surface area contributed by atoms with Crippen molar-refractivity contribution >= 4 is 29.5 Å². The highest BCUT2D eigenvalue weighted by Crippen LogP contribution is 2.34. The fourth-order valence-electron chi connectivity index (χ4n) is 6.60. The second-order valence-electron chi connectivity index (χ2n) is 13.0. The molecule has 0 spiro atoms. The quantitative estimate of drug-likeness (QED) is 0.293. The van der Waals surface area contributed by atoms with E-state index in [1.54, 1.807) is 4.90 Å². The van der Waals surface area contributed by atoms with E-state index in [1.165, 1.54) is 12.8 Å². The Morgan fingerprint density at radius 2 is 1.46 bits per heavy atom. The van der Waals surface area contributed by atoms with Crippen LogP contribution in [0.5, 0.6) is 0 Å². The highest BCUT2D eigenvalue weighted by Gasteiger charge is 2.42. The van der Waals surface area contributed by atoms with Crippen LogP contribution in [0.25, 0.3) is 0 Å². The molecule has 1 heterocycles. The van der Waals surface area contributed by atoms with Gasteiger partial charge in [0.25, 0.3) is 5.91 Å². The summed E-state index contributed by atoms with van der Waals surface area (Å²) >= 11 is 0. The molecular formula is C31H53N5O5. The Bertz CT molecular complexity index is 924. The fraction of sp³-hybridized carbons (Fsp3) is 0.839. The van der Waals surface area contributed by atoms with Gasteiger partial charge in [0.15, 0.2) is 0 Å². The van der Waals surface area contributed by atoms with Crippen molar-refractivity contribution < 1.29 is 24.0 Å². The number of nitrogens with two attached hydrogens (primary N) is 1. The largest absolute Gasteiger partial charge is 0.363 e. The molecule has 1 saturated heterocycles. The molecule has 0 radical (unpaired) electrons. The highest BCUT2D eigenvalue weighted by molar-refractivity contribution is 6.37. The molecular weight excluding hydrogens is 522 g/mol. The summed E-state index contributed by atoms with van der Waals surface area (Å²) in [5.41, 5.74) is 4.96. The first-order valence-electron chi connectivity index (χ1n) is 16.1. The molecule has 232 valence electrons. The van der Waals surface area contributed by atoms with Gasteiger partial charge in [-0.2, -0.15) is 0 Å². The van der Waals surface area contributed by atoms with Gasteiger partial charge in [-0.15, -0.1) is 0 Å². The average Bonchev–Trinajstić information content (AvgIpc) is 3.62. The van der Waals surface area contributed by atoms with E-state index >= 15 is 0 Å². The number of hydrogen-bond acceptors (Lipinski definition) is 5. The lowest BCUT2D eigenvalue weighted by Gasteiger charge is -2.37. The maximum atomic E-state index is 13.9. The number of amides is 5. The van der Waals surface area contributed by atoms with Crippen LogP contribution in [0.3, 0.4) is 0 Å². The van der Waals surface area contributed by atoms with Crippen molar-refractivity contribution in [3.05, 3.63) is 0 Å².